The average molecular weight is 676 g/mol. The first kappa shape index (κ1) is 33.2. The van der Waals surface area contributed by atoms with Crippen molar-refractivity contribution in [3.05, 3.63) is 154 Å². The molecule has 1 aromatic heterocycles. The second-order valence-electron chi connectivity index (χ2n) is 12.4. The van der Waals surface area contributed by atoms with Crippen LogP contribution in [-0.2, 0) is 19.8 Å². The minimum atomic E-state index is -1.32. The molecule has 50 heavy (non-hydrogen) atoms. The van der Waals surface area contributed by atoms with Crippen molar-refractivity contribution >= 4 is 11.7 Å². The average Bonchev–Trinajstić information content (AvgIpc) is 3.62. The van der Waals surface area contributed by atoms with E-state index in [1.807, 2.05) is 84.9 Å². The van der Waals surface area contributed by atoms with Gasteiger partial charge >= 0.3 is 5.69 Å². The first-order chi connectivity index (χ1) is 24.3. The van der Waals surface area contributed by atoms with Gasteiger partial charge in [-0.05, 0) is 60.0 Å². The third-order valence-electron chi connectivity index (χ3n) is 9.39. The van der Waals surface area contributed by atoms with Gasteiger partial charge in [0, 0.05) is 17.3 Å². The number of aliphatic hydroxyl groups is 1. The fraction of sp³-hybridized carbons (Fsp3) is 0.256. The number of ether oxygens (including phenoxy) is 5. The van der Waals surface area contributed by atoms with E-state index in [4.69, 9.17) is 23.7 Å². The summed E-state index contributed by atoms with van der Waals surface area (Å²) >= 11 is 0. The van der Waals surface area contributed by atoms with Gasteiger partial charge in [0.1, 0.15) is 40.7 Å². The fourth-order valence-electron chi connectivity index (χ4n) is 6.69. The smallest absolute Gasteiger partial charge is 0.351 e. The van der Waals surface area contributed by atoms with Gasteiger partial charge in [-0.25, -0.2) is 4.79 Å². The Balaban J connectivity index is 1.22. The summed E-state index contributed by atoms with van der Waals surface area (Å²) in [5.41, 5.74) is 0.285. The van der Waals surface area contributed by atoms with Crippen molar-refractivity contribution < 1.29 is 33.6 Å². The lowest BCUT2D eigenvalue weighted by Gasteiger charge is -2.39. The summed E-state index contributed by atoms with van der Waals surface area (Å²) in [6.07, 6.45) is -1.43. The second-order valence-corrected chi connectivity index (χ2v) is 12.4. The Bertz CT molecular complexity index is 1970. The van der Waals surface area contributed by atoms with Gasteiger partial charge in [-0.2, -0.15) is 4.98 Å². The quantitative estimate of drug-likeness (QED) is 0.189. The number of anilines is 1. The molecule has 0 aliphatic carbocycles. The summed E-state index contributed by atoms with van der Waals surface area (Å²) in [5.74, 6) is 1.12. The predicted octanol–water partition coefficient (Wildman–Crippen LogP) is 4.86. The number of rotatable bonds is 11. The highest BCUT2D eigenvalue weighted by molar-refractivity contribution is 6.04. The van der Waals surface area contributed by atoms with Gasteiger partial charge in [0.25, 0.3) is 5.91 Å². The molecule has 5 aromatic rings. The molecule has 2 aliphatic rings. The number of benzene rings is 4. The van der Waals surface area contributed by atoms with Crippen LogP contribution in [0.3, 0.4) is 0 Å². The zero-order valence-electron chi connectivity index (χ0n) is 27.8. The Morgan fingerprint density at radius 1 is 0.900 bits per heavy atom. The molecular formula is C39H37N3O8. The van der Waals surface area contributed by atoms with Crippen LogP contribution in [0.2, 0.25) is 0 Å². The SMILES string of the molecule is COc1ccc(C(OC[C@@]23COC(C(n4cc(C)c(NC(=O)c5ccccc5)nc4=O)O2)C3O)(c2ccccc2)c2ccc(OC)cc2)cc1. The molecule has 2 fully saturated rings. The third kappa shape index (κ3) is 5.84. The van der Waals surface area contributed by atoms with E-state index >= 15 is 0 Å². The molecule has 11 nitrogen and oxygen atoms in total. The van der Waals surface area contributed by atoms with Gasteiger partial charge in [0.05, 0.1) is 27.4 Å². The fourth-order valence-corrected chi connectivity index (χ4v) is 6.69. The standard InChI is InChI=1S/C39H37N3O8/c1-25-22-42(37(45)41-34(25)40-35(44)26-10-6-4-7-11-26)36-32-33(43)38(50-36,23-48-32)24-49-39(27-12-8-5-9-13-27,28-14-18-30(46-2)19-15-28)29-16-20-31(47-3)21-17-29/h4-22,32-33,36,43H,23-24H2,1-3H3,(H,40,41,44,45)/t32?,33?,36?,38-/m1/s1. The van der Waals surface area contributed by atoms with Crippen molar-refractivity contribution in [1.29, 1.82) is 0 Å². The molecule has 0 radical (unpaired) electrons. The molecule has 0 saturated carbocycles. The molecule has 2 bridgehead atoms. The number of fused-ring (bicyclic) bond motifs is 2. The zero-order chi connectivity index (χ0) is 34.9. The third-order valence-corrected chi connectivity index (χ3v) is 9.39. The number of carbonyl (C=O) groups is 1. The lowest BCUT2D eigenvalue weighted by Crippen LogP contribution is -2.48. The maximum Gasteiger partial charge on any atom is 0.351 e. The molecule has 4 atom stereocenters. The van der Waals surface area contributed by atoms with Gasteiger partial charge in [0.15, 0.2) is 6.23 Å². The van der Waals surface area contributed by atoms with Crippen molar-refractivity contribution in [1.82, 2.24) is 9.55 Å². The summed E-state index contributed by atoms with van der Waals surface area (Å²) in [4.78, 5) is 30.3. The van der Waals surface area contributed by atoms with E-state index in [9.17, 15) is 14.7 Å². The highest BCUT2D eigenvalue weighted by Gasteiger charge is 2.63. The molecule has 1 amide bonds. The molecular weight excluding hydrogens is 638 g/mol. The highest BCUT2D eigenvalue weighted by Crippen LogP contribution is 2.48. The van der Waals surface area contributed by atoms with Crippen molar-refractivity contribution in [3.8, 4) is 11.5 Å². The van der Waals surface area contributed by atoms with Crippen molar-refractivity contribution in [2.24, 2.45) is 0 Å². The monoisotopic (exact) mass is 675 g/mol. The number of aryl methyl sites for hydroxylation is 1. The van der Waals surface area contributed by atoms with E-state index in [0.29, 0.717) is 22.6 Å². The number of amides is 1. The summed E-state index contributed by atoms with van der Waals surface area (Å²) < 4.78 is 31.9. The normalized spacial score (nSPS) is 21.2. The van der Waals surface area contributed by atoms with E-state index in [1.165, 1.54) is 4.57 Å². The molecule has 2 N–H and O–H groups in total. The number of nitrogens with zero attached hydrogens (tertiary/aromatic N) is 2. The molecule has 3 heterocycles. The van der Waals surface area contributed by atoms with Gasteiger partial charge in [-0.3, -0.25) is 9.36 Å². The molecule has 7 rings (SSSR count). The topological polar surface area (TPSA) is 130 Å². The zero-order valence-corrected chi connectivity index (χ0v) is 27.8. The van der Waals surface area contributed by atoms with Gasteiger partial charge in [0.2, 0.25) is 0 Å². The molecule has 4 aromatic carbocycles. The summed E-state index contributed by atoms with van der Waals surface area (Å²) in [7, 11) is 3.22. The van der Waals surface area contributed by atoms with Crippen LogP contribution in [0.5, 0.6) is 11.5 Å². The van der Waals surface area contributed by atoms with Crippen LogP contribution >= 0.6 is 0 Å². The van der Waals surface area contributed by atoms with Crippen LogP contribution in [0, 0.1) is 6.92 Å². The summed E-state index contributed by atoms with van der Waals surface area (Å²) in [5, 5.41) is 14.4. The van der Waals surface area contributed by atoms with E-state index in [2.05, 4.69) is 10.3 Å². The Hall–Kier alpha value is -5.33. The van der Waals surface area contributed by atoms with Crippen LogP contribution in [0.1, 0.15) is 38.8 Å². The van der Waals surface area contributed by atoms with Crippen LogP contribution in [0.25, 0.3) is 0 Å². The molecule has 3 unspecified atom stereocenters. The summed E-state index contributed by atoms with van der Waals surface area (Å²) in [6, 6.07) is 33.7. The van der Waals surface area contributed by atoms with Crippen LogP contribution in [-0.4, -0.2) is 65.8 Å². The van der Waals surface area contributed by atoms with Gasteiger partial charge in [-0.1, -0.05) is 72.8 Å². The maximum absolute atomic E-state index is 13.4. The highest BCUT2D eigenvalue weighted by atomic mass is 16.7. The second kappa shape index (κ2) is 13.5. The van der Waals surface area contributed by atoms with E-state index < -0.39 is 35.3 Å². The Morgan fingerprint density at radius 2 is 1.46 bits per heavy atom. The number of carbonyl (C=O) groups excluding carboxylic acids is 1. The van der Waals surface area contributed by atoms with Crippen molar-refractivity contribution in [2.45, 2.75) is 36.6 Å². The van der Waals surface area contributed by atoms with Crippen molar-refractivity contribution in [2.75, 3.05) is 32.8 Å². The van der Waals surface area contributed by atoms with Crippen LogP contribution < -0.4 is 20.5 Å². The Kier molecular flexibility index (Phi) is 8.98. The number of nitrogens with one attached hydrogen (secondary N) is 1. The Morgan fingerprint density at radius 3 is 2.04 bits per heavy atom. The number of hydrogen-bond donors (Lipinski definition) is 2. The molecule has 256 valence electrons. The van der Waals surface area contributed by atoms with Crippen molar-refractivity contribution in [3.63, 3.8) is 0 Å². The van der Waals surface area contributed by atoms with Crippen LogP contribution in [0.4, 0.5) is 5.82 Å². The number of aromatic nitrogens is 2. The van der Waals surface area contributed by atoms with Gasteiger partial charge < -0.3 is 34.1 Å². The lowest BCUT2D eigenvalue weighted by molar-refractivity contribution is -0.204. The molecule has 0 spiro atoms. The Labute approximate surface area is 289 Å². The number of methoxy groups -OCH3 is 2. The largest absolute Gasteiger partial charge is 0.497 e. The van der Waals surface area contributed by atoms with E-state index in [1.54, 1.807) is 51.6 Å². The first-order valence-electron chi connectivity index (χ1n) is 16.2. The maximum atomic E-state index is 13.4. The number of aliphatic hydroxyl groups excluding tert-OH is 1. The van der Waals surface area contributed by atoms with E-state index in [0.717, 1.165) is 16.7 Å². The molecule has 2 saturated heterocycles. The molecule has 2 aliphatic heterocycles. The van der Waals surface area contributed by atoms with E-state index in [-0.39, 0.29) is 24.9 Å². The predicted molar refractivity (Wildman–Crippen MR) is 184 cm³/mol. The number of hydrogen-bond acceptors (Lipinski definition) is 9. The first-order valence-corrected chi connectivity index (χ1v) is 16.2. The minimum Gasteiger partial charge on any atom is -0.497 e. The van der Waals surface area contributed by atoms with Gasteiger partial charge in [-0.15, -0.1) is 0 Å². The molecule has 11 heteroatoms. The minimum absolute atomic E-state index is 0.0395. The summed E-state index contributed by atoms with van der Waals surface area (Å²) in [6.45, 7) is 1.67. The lowest BCUT2D eigenvalue weighted by atomic mass is 9.79. The van der Waals surface area contributed by atoms with Crippen LogP contribution in [0.15, 0.2) is 120 Å².